The van der Waals surface area contributed by atoms with Gasteiger partial charge >= 0.3 is 0 Å². The van der Waals surface area contributed by atoms with Crippen LogP contribution in [0.3, 0.4) is 0 Å². The molecule has 0 saturated carbocycles. The maximum atomic E-state index is 5.92. The summed E-state index contributed by atoms with van der Waals surface area (Å²) in [7, 11) is 0. The molecule has 2 aliphatic heterocycles. The van der Waals surface area contributed by atoms with Gasteiger partial charge in [0.15, 0.2) is 0 Å². The first kappa shape index (κ1) is 10.0. The van der Waals surface area contributed by atoms with Crippen LogP contribution in [0.15, 0.2) is 12.3 Å². The second-order valence-electron chi connectivity index (χ2n) is 4.29. The summed E-state index contributed by atoms with van der Waals surface area (Å²) in [5.41, 5.74) is 0. The molecule has 2 bridgehead atoms. The van der Waals surface area contributed by atoms with Gasteiger partial charge in [0.05, 0.1) is 24.6 Å². The van der Waals surface area contributed by atoms with E-state index in [4.69, 9.17) is 9.47 Å². The van der Waals surface area contributed by atoms with Gasteiger partial charge < -0.3 is 9.47 Å². The van der Waals surface area contributed by atoms with E-state index in [0.717, 1.165) is 12.4 Å². The van der Waals surface area contributed by atoms with Crippen LogP contribution in [0.5, 0.6) is 0 Å². The molecule has 2 fully saturated rings. The molecule has 2 saturated heterocycles. The summed E-state index contributed by atoms with van der Waals surface area (Å²) < 4.78 is 11.5. The maximum Gasteiger partial charge on any atom is 0.0948 e. The SMILES string of the molecule is C=C(OCC)C1C2CCC(O2)C1CC. The van der Waals surface area contributed by atoms with Gasteiger partial charge in [-0.3, -0.25) is 0 Å². The first-order chi connectivity index (χ1) is 6.77. The lowest BCUT2D eigenvalue weighted by molar-refractivity contribution is 0.0823. The Morgan fingerprint density at radius 1 is 1.36 bits per heavy atom. The number of fused-ring (bicyclic) bond motifs is 2. The highest BCUT2D eigenvalue weighted by atomic mass is 16.5. The third-order valence-corrected chi connectivity index (χ3v) is 3.60. The largest absolute Gasteiger partial charge is 0.498 e. The van der Waals surface area contributed by atoms with Gasteiger partial charge in [-0.15, -0.1) is 0 Å². The number of hydrogen-bond acceptors (Lipinski definition) is 2. The Hall–Kier alpha value is -0.500. The minimum atomic E-state index is 0.393. The monoisotopic (exact) mass is 196 g/mol. The summed E-state index contributed by atoms with van der Waals surface area (Å²) >= 11 is 0. The lowest BCUT2D eigenvalue weighted by atomic mass is 9.77. The molecule has 4 unspecified atom stereocenters. The van der Waals surface area contributed by atoms with Gasteiger partial charge in [0.1, 0.15) is 0 Å². The first-order valence-electron chi connectivity index (χ1n) is 5.75. The third-order valence-electron chi connectivity index (χ3n) is 3.60. The smallest absolute Gasteiger partial charge is 0.0948 e. The number of hydrogen-bond donors (Lipinski definition) is 0. The van der Waals surface area contributed by atoms with Gasteiger partial charge in [-0.1, -0.05) is 19.9 Å². The van der Waals surface area contributed by atoms with Crippen molar-refractivity contribution in [2.45, 2.75) is 45.3 Å². The summed E-state index contributed by atoms with van der Waals surface area (Å²) in [5, 5.41) is 0. The Labute approximate surface area is 86.3 Å². The molecular weight excluding hydrogens is 176 g/mol. The van der Waals surface area contributed by atoms with Crippen LogP contribution in [0.4, 0.5) is 0 Å². The third kappa shape index (κ3) is 1.46. The normalized spacial score (nSPS) is 40.1. The quantitative estimate of drug-likeness (QED) is 0.644. The molecule has 80 valence electrons. The van der Waals surface area contributed by atoms with Crippen LogP contribution >= 0.6 is 0 Å². The van der Waals surface area contributed by atoms with E-state index in [9.17, 15) is 0 Å². The molecule has 2 nitrogen and oxygen atoms in total. The van der Waals surface area contributed by atoms with E-state index in [1.54, 1.807) is 0 Å². The summed E-state index contributed by atoms with van der Waals surface area (Å²) in [5.74, 6) is 2.05. The molecule has 0 spiro atoms. The second kappa shape index (κ2) is 3.93. The van der Waals surface area contributed by atoms with Crippen LogP contribution in [0, 0.1) is 11.8 Å². The van der Waals surface area contributed by atoms with Crippen molar-refractivity contribution in [2.24, 2.45) is 11.8 Å². The summed E-state index contributed by atoms with van der Waals surface area (Å²) in [6.07, 6.45) is 4.48. The van der Waals surface area contributed by atoms with E-state index >= 15 is 0 Å². The highest BCUT2D eigenvalue weighted by molar-refractivity contribution is 5.07. The first-order valence-corrected chi connectivity index (χ1v) is 5.75. The predicted octanol–water partition coefficient (Wildman–Crippen LogP) is 2.74. The fourth-order valence-corrected chi connectivity index (χ4v) is 3.02. The zero-order valence-corrected chi connectivity index (χ0v) is 9.16. The van der Waals surface area contributed by atoms with Gasteiger partial charge in [-0.2, -0.15) is 0 Å². The number of rotatable bonds is 4. The van der Waals surface area contributed by atoms with Gasteiger partial charge in [0, 0.05) is 5.92 Å². The molecule has 0 radical (unpaired) electrons. The Bertz CT molecular complexity index is 224. The minimum absolute atomic E-state index is 0.393. The Morgan fingerprint density at radius 3 is 2.71 bits per heavy atom. The van der Waals surface area contributed by atoms with E-state index < -0.39 is 0 Å². The van der Waals surface area contributed by atoms with E-state index in [1.807, 2.05) is 6.92 Å². The van der Waals surface area contributed by atoms with Crippen LogP contribution in [0.25, 0.3) is 0 Å². The average Bonchev–Trinajstić information content (AvgIpc) is 2.76. The zero-order chi connectivity index (χ0) is 10.1. The molecular formula is C12H20O2. The standard InChI is InChI=1S/C12H20O2/c1-4-9-10-6-7-11(14-10)12(9)8(3)13-5-2/h9-12H,3-7H2,1-2H3. The van der Waals surface area contributed by atoms with Gasteiger partial charge in [0.25, 0.3) is 0 Å². The molecule has 0 aliphatic carbocycles. The number of ether oxygens (including phenoxy) is 2. The molecule has 2 rings (SSSR count). The predicted molar refractivity (Wildman–Crippen MR) is 55.9 cm³/mol. The molecule has 14 heavy (non-hydrogen) atoms. The molecule has 0 aromatic carbocycles. The average molecular weight is 196 g/mol. The van der Waals surface area contributed by atoms with Crippen molar-refractivity contribution in [1.82, 2.24) is 0 Å². The van der Waals surface area contributed by atoms with Crippen molar-refractivity contribution in [3.8, 4) is 0 Å². The van der Waals surface area contributed by atoms with Gasteiger partial charge in [-0.05, 0) is 25.7 Å². The van der Waals surface area contributed by atoms with Crippen molar-refractivity contribution in [1.29, 1.82) is 0 Å². The van der Waals surface area contributed by atoms with E-state index in [0.29, 0.717) is 24.0 Å². The molecule has 0 aromatic heterocycles. The zero-order valence-electron chi connectivity index (χ0n) is 9.16. The summed E-state index contributed by atoms with van der Waals surface area (Å²) in [4.78, 5) is 0. The molecule has 4 atom stereocenters. The van der Waals surface area contributed by atoms with E-state index in [2.05, 4.69) is 13.5 Å². The fraction of sp³-hybridized carbons (Fsp3) is 0.833. The lowest BCUT2D eigenvalue weighted by Crippen LogP contribution is -2.28. The Kier molecular flexibility index (Phi) is 2.82. The van der Waals surface area contributed by atoms with Crippen molar-refractivity contribution in [3.05, 3.63) is 12.3 Å². The van der Waals surface area contributed by atoms with Gasteiger partial charge in [0.2, 0.25) is 0 Å². The van der Waals surface area contributed by atoms with Crippen LogP contribution in [-0.4, -0.2) is 18.8 Å². The summed E-state index contributed by atoms with van der Waals surface area (Å²) in [6.45, 7) is 9.02. The maximum absolute atomic E-state index is 5.92. The van der Waals surface area contributed by atoms with E-state index in [1.165, 1.54) is 19.3 Å². The van der Waals surface area contributed by atoms with Crippen molar-refractivity contribution >= 4 is 0 Å². The lowest BCUT2D eigenvalue weighted by Gasteiger charge is -2.28. The summed E-state index contributed by atoms with van der Waals surface area (Å²) in [6, 6.07) is 0. The van der Waals surface area contributed by atoms with Crippen molar-refractivity contribution in [2.75, 3.05) is 6.61 Å². The molecule has 0 amide bonds. The Balaban J connectivity index is 2.06. The van der Waals surface area contributed by atoms with E-state index in [-0.39, 0.29) is 0 Å². The highest BCUT2D eigenvalue weighted by Gasteiger charge is 2.49. The molecule has 0 N–H and O–H groups in total. The van der Waals surface area contributed by atoms with Crippen LogP contribution in [-0.2, 0) is 9.47 Å². The molecule has 2 aliphatic rings. The topological polar surface area (TPSA) is 18.5 Å². The van der Waals surface area contributed by atoms with Crippen molar-refractivity contribution in [3.63, 3.8) is 0 Å². The minimum Gasteiger partial charge on any atom is -0.498 e. The van der Waals surface area contributed by atoms with Crippen LogP contribution in [0.1, 0.15) is 33.1 Å². The molecule has 2 heteroatoms. The molecule has 0 aromatic rings. The molecule has 2 heterocycles. The Morgan fingerprint density at radius 2 is 2.07 bits per heavy atom. The second-order valence-corrected chi connectivity index (χ2v) is 4.29. The van der Waals surface area contributed by atoms with Gasteiger partial charge in [-0.25, -0.2) is 0 Å². The fourth-order valence-electron chi connectivity index (χ4n) is 3.02. The van der Waals surface area contributed by atoms with Crippen LogP contribution in [0.2, 0.25) is 0 Å². The van der Waals surface area contributed by atoms with Crippen LogP contribution < -0.4 is 0 Å². The van der Waals surface area contributed by atoms with Crippen molar-refractivity contribution < 1.29 is 9.47 Å². The highest BCUT2D eigenvalue weighted by Crippen LogP contribution is 2.47.